The highest BCUT2D eigenvalue weighted by atomic mass is 79.9. The van der Waals surface area contributed by atoms with Gasteiger partial charge in [-0.05, 0) is 42.1 Å². The molecule has 1 aromatic rings. The van der Waals surface area contributed by atoms with Crippen LogP contribution in [0.25, 0.3) is 0 Å². The molecule has 1 heterocycles. The van der Waals surface area contributed by atoms with Gasteiger partial charge in [-0.1, -0.05) is 0 Å². The summed E-state index contributed by atoms with van der Waals surface area (Å²) >= 11 is 3.51. The van der Waals surface area contributed by atoms with E-state index in [9.17, 15) is 0 Å². The summed E-state index contributed by atoms with van der Waals surface area (Å²) in [5.41, 5.74) is 7.21. The number of hydrogen-bond donors (Lipinski definition) is 1. The molecule has 0 radical (unpaired) electrons. The fraction of sp³-hybridized carbons (Fsp3) is 0.727. The number of nitrogens with zero attached hydrogens (tertiary/aromatic N) is 2. The Hall–Kier alpha value is -0.390. The highest BCUT2D eigenvalue weighted by molar-refractivity contribution is 9.10. The molecule has 1 aliphatic rings. The summed E-state index contributed by atoms with van der Waals surface area (Å²) in [6.45, 7) is 2.89. The Kier molecular flexibility index (Phi) is 3.37. The lowest BCUT2D eigenvalue weighted by Crippen LogP contribution is -2.49. The third-order valence-electron chi connectivity index (χ3n) is 3.60. The molecule has 2 rings (SSSR count). The van der Waals surface area contributed by atoms with Gasteiger partial charge in [0.05, 0.1) is 28.0 Å². The van der Waals surface area contributed by atoms with Gasteiger partial charge in [0, 0.05) is 13.7 Å². The Labute approximate surface area is 104 Å². The molecule has 5 heteroatoms. The zero-order valence-corrected chi connectivity index (χ0v) is 11.3. The Morgan fingerprint density at radius 1 is 1.69 bits per heavy atom. The first-order chi connectivity index (χ1) is 7.64. The largest absolute Gasteiger partial charge is 0.376 e. The molecule has 0 aliphatic heterocycles. The molecule has 0 saturated heterocycles. The fourth-order valence-electron chi connectivity index (χ4n) is 2.35. The first-order valence-corrected chi connectivity index (χ1v) is 6.46. The Bertz CT molecular complexity index is 368. The van der Waals surface area contributed by atoms with Gasteiger partial charge in [0.25, 0.3) is 0 Å². The van der Waals surface area contributed by atoms with Gasteiger partial charge >= 0.3 is 0 Å². The molecule has 0 amide bonds. The van der Waals surface area contributed by atoms with E-state index in [2.05, 4.69) is 28.0 Å². The zero-order chi connectivity index (χ0) is 11.8. The number of rotatable bonds is 4. The van der Waals surface area contributed by atoms with Crippen LogP contribution in [0.3, 0.4) is 0 Å². The summed E-state index contributed by atoms with van der Waals surface area (Å²) in [4.78, 5) is 0. The molecule has 0 aromatic carbocycles. The van der Waals surface area contributed by atoms with Crippen LogP contribution in [0.15, 0.2) is 10.7 Å². The van der Waals surface area contributed by atoms with E-state index in [1.54, 1.807) is 13.3 Å². The van der Waals surface area contributed by atoms with Gasteiger partial charge in [-0.3, -0.25) is 4.68 Å². The topological polar surface area (TPSA) is 53.1 Å². The van der Waals surface area contributed by atoms with E-state index in [4.69, 9.17) is 10.5 Å². The lowest BCUT2D eigenvalue weighted by atomic mass is 9.73. The van der Waals surface area contributed by atoms with Gasteiger partial charge < -0.3 is 10.5 Å². The molecule has 1 aliphatic carbocycles. The molecule has 1 saturated carbocycles. The van der Waals surface area contributed by atoms with Crippen molar-refractivity contribution in [1.82, 2.24) is 9.78 Å². The third-order valence-corrected chi connectivity index (χ3v) is 4.21. The smallest absolute Gasteiger partial charge is 0.0886 e. The number of hydrogen-bond acceptors (Lipinski definition) is 3. The van der Waals surface area contributed by atoms with Crippen LogP contribution >= 0.6 is 15.9 Å². The van der Waals surface area contributed by atoms with Gasteiger partial charge in [-0.15, -0.1) is 0 Å². The van der Waals surface area contributed by atoms with Crippen molar-refractivity contribution in [2.24, 2.45) is 5.73 Å². The number of aromatic nitrogens is 2. The predicted molar refractivity (Wildman–Crippen MR) is 66.1 cm³/mol. The highest BCUT2D eigenvalue weighted by Crippen LogP contribution is 2.44. The molecular weight excluding hydrogens is 270 g/mol. The molecule has 1 unspecified atom stereocenters. The highest BCUT2D eigenvalue weighted by Gasteiger charge is 2.45. The maximum absolute atomic E-state index is 6.35. The molecule has 16 heavy (non-hydrogen) atoms. The quantitative estimate of drug-likeness (QED) is 0.924. The summed E-state index contributed by atoms with van der Waals surface area (Å²) in [5, 5.41) is 4.30. The summed E-state index contributed by atoms with van der Waals surface area (Å²) in [6.07, 6.45) is 5.07. The minimum Gasteiger partial charge on any atom is -0.376 e. The van der Waals surface area contributed by atoms with Crippen LogP contribution in [-0.2, 0) is 11.3 Å². The SMILES string of the molecule is CCn1ncc(Br)c1C(N)C1(OC)CCC1. The van der Waals surface area contributed by atoms with Crippen LogP contribution < -0.4 is 5.73 Å². The molecule has 1 fully saturated rings. The van der Waals surface area contributed by atoms with Crippen molar-refractivity contribution in [3.8, 4) is 0 Å². The van der Waals surface area contributed by atoms with E-state index in [-0.39, 0.29) is 11.6 Å². The summed E-state index contributed by atoms with van der Waals surface area (Å²) in [5.74, 6) is 0. The van der Waals surface area contributed by atoms with E-state index in [1.807, 2.05) is 4.68 Å². The lowest BCUT2D eigenvalue weighted by Gasteiger charge is -2.45. The van der Waals surface area contributed by atoms with Crippen molar-refractivity contribution < 1.29 is 4.74 Å². The zero-order valence-electron chi connectivity index (χ0n) is 9.74. The normalized spacial score (nSPS) is 20.5. The Morgan fingerprint density at radius 3 is 2.81 bits per heavy atom. The molecule has 1 aromatic heterocycles. The Morgan fingerprint density at radius 2 is 2.38 bits per heavy atom. The molecular formula is C11H18BrN3O. The van der Waals surface area contributed by atoms with E-state index in [0.29, 0.717) is 0 Å². The predicted octanol–water partition coefficient (Wildman–Crippen LogP) is 2.23. The van der Waals surface area contributed by atoms with Gasteiger partial charge in [0.1, 0.15) is 0 Å². The van der Waals surface area contributed by atoms with Gasteiger partial charge in [0.15, 0.2) is 0 Å². The first-order valence-electron chi connectivity index (χ1n) is 5.66. The number of aryl methyl sites for hydroxylation is 1. The molecule has 4 nitrogen and oxygen atoms in total. The molecule has 90 valence electrons. The fourth-order valence-corrected chi connectivity index (χ4v) is 2.89. The molecule has 2 N–H and O–H groups in total. The number of methoxy groups -OCH3 is 1. The van der Waals surface area contributed by atoms with Crippen molar-refractivity contribution in [3.63, 3.8) is 0 Å². The van der Waals surface area contributed by atoms with Crippen molar-refractivity contribution >= 4 is 15.9 Å². The van der Waals surface area contributed by atoms with Gasteiger partial charge in [0.2, 0.25) is 0 Å². The first kappa shape index (κ1) is 12.1. The van der Waals surface area contributed by atoms with Gasteiger partial charge in [-0.25, -0.2) is 0 Å². The Balaban J connectivity index is 2.32. The summed E-state index contributed by atoms with van der Waals surface area (Å²) in [7, 11) is 1.75. The van der Waals surface area contributed by atoms with E-state index in [1.165, 1.54) is 6.42 Å². The van der Waals surface area contributed by atoms with E-state index < -0.39 is 0 Å². The maximum Gasteiger partial charge on any atom is 0.0886 e. The third kappa shape index (κ3) is 1.71. The van der Waals surface area contributed by atoms with Crippen molar-refractivity contribution in [1.29, 1.82) is 0 Å². The van der Waals surface area contributed by atoms with Crippen LogP contribution in [0.4, 0.5) is 0 Å². The van der Waals surface area contributed by atoms with Gasteiger partial charge in [-0.2, -0.15) is 5.10 Å². The standard InChI is InChI=1S/C11H18BrN3O/c1-3-15-9(8(12)7-14-15)10(13)11(16-2)5-4-6-11/h7,10H,3-6,13H2,1-2H3. The summed E-state index contributed by atoms with van der Waals surface area (Å²) < 4.78 is 8.54. The van der Waals surface area contributed by atoms with E-state index in [0.717, 1.165) is 29.6 Å². The minimum atomic E-state index is -0.185. The number of ether oxygens (including phenoxy) is 1. The van der Waals surface area contributed by atoms with Crippen molar-refractivity contribution in [3.05, 3.63) is 16.4 Å². The average Bonchev–Trinajstić information content (AvgIpc) is 2.58. The minimum absolute atomic E-state index is 0.108. The lowest BCUT2D eigenvalue weighted by molar-refractivity contribution is -0.0928. The van der Waals surface area contributed by atoms with Crippen LogP contribution in [0, 0.1) is 0 Å². The second-order valence-electron chi connectivity index (χ2n) is 4.29. The van der Waals surface area contributed by atoms with Crippen molar-refractivity contribution in [2.75, 3.05) is 7.11 Å². The molecule has 0 spiro atoms. The van der Waals surface area contributed by atoms with Crippen LogP contribution in [0.5, 0.6) is 0 Å². The second kappa shape index (κ2) is 4.47. The van der Waals surface area contributed by atoms with E-state index >= 15 is 0 Å². The van der Waals surface area contributed by atoms with Crippen LogP contribution in [-0.4, -0.2) is 22.5 Å². The average molecular weight is 288 g/mol. The van der Waals surface area contributed by atoms with Crippen molar-refractivity contribution in [2.45, 2.75) is 44.4 Å². The monoisotopic (exact) mass is 287 g/mol. The molecule has 1 atom stereocenters. The second-order valence-corrected chi connectivity index (χ2v) is 5.15. The molecule has 0 bridgehead atoms. The maximum atomic E-state index is 6.35. The van der Waals surface area contributed by atoms with Crippen LogP contribution in [0.2, 0.25) is 0 Å². The number of halogens is 1. The number of nitrogens with two attached hydrogens (primary N) is 1. The van der Waals surface area contributed by atoms with Crippen LogP contribution in [0.1, 0.15) is 37.9 Å². The summed E-state index contributed by atoms with van der Waals surface area (Å²) in [6, 6.07) is -0.108.